The van der Waals surface area contributed by atoms with Crippen LogP contribution in [-0.2, 0) is 6.54 Å². The van der Waals surface area contributed by atoms with Crippen LogP contribution in [0.15, 0.2) is 48.5 Å². The largest absolute Gasteiger partial charge is 0.497 e. The molecule has 0 bridgehead atoms. The summed E-state index contributed by atoms with van der Waals surface area (Å²) in [5.74, 6) is 0.850. The van der Waals surface area contributed by atoms with Gasteiger partial charge in [-0.05, 0) is 30.2 Å². The van der Waals surface area contributed by atoms with Gasteiger partial charge in [-0.15, -0.1) is 0 Å². The van der Waals surface area contributed by atoms with Gasteiger partial charge in [0, 0.05) is 13.1 Å². The van der Waals surface area contributed by atoms with Crippen LogP contribution in [0.5, 0.6) is 5.75 Å². The van der Waals surface area contributed by atoms with Crippen molar-refractivity contribution in [3.63, 3.8) is 0 Å². The Labute approximate surface area is 120 Å². The lowest BCUT2D eigenvalue weighted by Gasteiger charge is -2.13. The molecule has 0 fully saturated rings. The van der Waals surface area contributed by atoms with Crippen LogP contribution in [-0.4, -0.2) is 18.8 Å². The van der Waals surface area contributed by atoms with E-state index in [4.69, 9.17) is 4.74 Å². The Morgan fingerprint density at radius 3 is 2.60 bits per heavy atom. The van der Waals surface area contributed by atoms with Crippen LogP contribution in [0.4, 0.5) is 0 Å². The quantitative estimate of drug-likeness (QED) is 0.849. The molecule has 0 saturated heterocycles. The lowest BCUT2D eigenvalue weighted by atomic mass is 10.1. The van der Waals surface area contributed by atoms with Gasteiger partial charge in [0.1, 0.15) is 5.75 Å². The Bertz CT molecular complexity index is 537. The van der Waals surface area contributed by atoms with E-state index < -0.39 is 6.10 Å². The van der Waals surface area contributed by atoms with Crippen molar-refractivity contribution in [2.24, 2.45) is 0 Å². The fourth-order valence-corrected chi connectivity index (χ4v) is 2.04. The van der Waals surface area contributed by atoms with E-state index in [0.717, 1.165) is 16.9 Å². The van der Waals surface area contributed by atoms with Crippen LogP contribution >= 0.6 is 0 Å². The normalized spacial score (nSPS) is 12.2. The highest BCUT2D eigenvalue weighted by molar-refractivity contribution is 5.28. The highest BCUT2D eigenvalue weighted by Crippen LogP contribution is 2.14. The van der Waals surface area contributed by atoms with Gasteiger partial charge in [-0.3, -0.25) is 0 Å². The van der Waals surface area contributed by atoms with E-state index >= 15 is 0 Å². The smallest absolute Gasteiger partial charge is 0.119 e. The Kier molecular flexibility index (Phi) is 5.16. The molecule has 1 unspecified atom stereocenters. The Balaban J connectivity index is 1.84. The average molecular weight is 271 g/mol. The molecule has 2 N–H and O–H groups in total. The van der Waals surface area contributed by atoms with Crippen LogP contribution in [0.1, 0.15) is 22.8 Å². The first-order valence-corrected chi connectivity index (χ1v) is 6.77. The minimum Gasteiger partial charge on any atom is -0.497 e. The Morgan fingerprint density at radius 1 is 1.15 bits per heavy atom. The minimum atomic E-state index is -0.485. The molecule has 0 aliphatic rings. The number of hydrogen-bond acceptors (Lipinski definition) is 3. The summed E-state index contributed by atoms with van der Waals surface area (Å²) in [5.41, 5.74) is 3.28. The lowest BCUT2D eigenvalue weighted by Crippen LogP contribution is -2.21. The van der Waals surface area contributed by atoms with E-state index in [1.165, 1.54) is 5.56 Å². The third kappa shape index (κ3) is 4.08. The predicted molar refractivity (Wildman–Crippen MR) is 80.8 cm³/mol. The van der Waals surface area contributed by atoms with Crippen LogP contribution in [0.2, 0.25) is 0 Å². The zero-order valence-corrected chi connectivity index (χ0v) is 12.0. The fourth-order valence-electron chi connectivity index (χ4n) is 2.04. The molecule has 3 nitrogen and oxygen atoms in total. The summed E-state index contributed by atoms with van der Waals surface area (Å²) in [4.78, 5) is 0. The molecule has 0 saturated carbocycles. The number of aliphatic hydroxyl groups is 1. The maximum Gasteiger partial charge on any atom is 0.119 e. The second kappa shape index (κ2) is 7.08. The molecule has 0 aromatic heterocycles. The van der Waals surface area contributed by atoms with Crippen LogP contribution in [0.25, 0.3) is 0 Å². The molecular formula is C17H21NO2. The topological polar surface area (TPSA) is 41.5 Å². The Hall–Kier alpha value is -1.84. The number of aryl methyl sites for hydroxylation is 1. The van der Waals surface area contributed by atoms with Crippen LogP contribution < -0.4 is 10.1 Å². The van der Waals surface area contributed by atoms with Crippen molar-refractivity contribution in [2.75, 3.05) is 13.7 Å². The molecule has 2 aromatic carbocycles. The molecule has 2 rings (SSSR count). The van der Waals surface area contributed by atoms with Gasteiger partial charge < -0.3 is 15.2 Å². The summed E-state index contributed by atoms with van der Waals surface area (Å²) in [6.07, 6.45) is -0.485. The van der Waals surface area contributed by atoms with Gasteiger partial charge in [0.15, 0.2) is 0 Å². The lowest BCUT2D eigenvalue weighted by molar-refractivity contribution is 0.174. The van der Waals surface area contributed by atoms with Crippen molar-refractivity contribution in [2.45, 2.75) is 19.6 Å². The number of ether oxygens (including phenoxy) is 1. The zero-order chi connectivity index (χ0) is 14.4. The van der Waals surface area contributed by atoms with Gasteiger partial charge in [0.05, 0.1) is 13.2 Å². The summed E-state index contributed by atoms with van der Waals surface area (Å²) >= 11 is 0. The van der Waals surface area contributed by atoms with E-state index in [0.29, 0.717) is 13.1 Å². The monoisotopic (exact) mass is 271 g/mol. The molecule has 3 heteroatoms. The third-order valence-electron chi connectivity index (χ3n) is 3.26. The molecule has 0 aliphatic carbocycles. The predicted octanol–water partition coefficient (Wildman–Crippen LogP) is 2.83. The first-order chi connectivity index (χ1) is 9.69. The van der Waals surface area contributed by atoms with E-state index in [-0.39, 0.29) is 0 Å². The standard InChI is InChI=1S/C17H21NO2/c1-13-6-8-15(9-7-13)17(19)12-18-11-14-4-3-5-16(10-14)20-2/h3-10,17-19H,11-12H2,1-2H3. The van der Waals surface area contributed by atoms with Crippen molar-refractivity contribution in [1.82, 2.24) is 5.32 Å². The highest BCUT2D eigenvalue weighted by atomic mass is 16.5. The molecule has 0 amide bonds. The molecule has 2 aromatic rings. The molecule has 106 valence electrons. The molecule has 0 heterocycles. The molecule has 0 radical (unpaired) electrons. The summed E-state index contributed by atoms with van der Waals surface area (Å²) in [7, 11) is 1.66. The fraction of sp³-hybridized carbons (Fsp3) is 0.294. The van der Waals surface area contributed by atoms with E-state index in [1.807, 2.05) is 55.5 Å². The molecular weight excluding hydrogens is 250 g/mol. The number of rotatable bonds is 6. The van der Waals surface area contributed by atoms with Gasteiger partial charge >= 0.3 is 0 Å². The summed E-state index contributed by atoms with van der Waals surface area (Å²) in [6.45, 7) is 3.28. The molecule has 0 spiro atoms. The second-order valence-corrected chi connectivity index (χ2v) is 4.91. The summed E-state index contributed by atoms with van der Waals surface area (Å²) in [5, 5.41) is 13.4. The summed E-state index contributed by atoms with van der Waals surface area (Å²) < 4.78 is 5.19. The third-order valence-corrected chi connectivity index (χ3v) is 3.26. The number of nitrogens with one attached hydrogen (secondary N) is 1. The van der Waals surface area contributed by atoms with Crippen molar-refractivity contribution in [3.05, 3.63) is 65.2 Å². The molecule has 0 aliphatic heterocycles. The number of benzene rings is 2. The first-order valence-electron chi connectivity index (χ1n) is 6.77. The van der Waals surface area contributed by atoms with E-state index in [2.05, 4.69) is 5.32 Å². The molecule has 20 heavy (non-hydrogen) atoms. The first kappa shape index (κ1) is 14.6. The van der Waals surface area contributed by atoms with Crippen molar-refractivity contribution >= 4 is 0 Å². The zero-order valence-electron chi connectivity index (χ0n) is 12.0. The Morgan fingerprint density at radius 2 is 1.90 bits per heavy atom. The number of hydrogen-bond donors (Lipinski definition) is 2. The molecule has 1 atom stereocenters. The highest BCUT2D eigenvalue weighted by Gasteiger charge is 2.06. The van der Waals surface area contributed by atoms with Gasteiger partial charge in [0.2, 0.25) is 0 Å². The second-order valence-electron chi connectivity index (χ2n) is 4.91. The maximum atomic E-state index is 10.1. The minimum absolute atomic E-state index is 0.485. The SMILES string of the molecule is COc1cccc(CNCC(O)c2ccc(C)cc2)c1. The summed E-state index contributed by atoms with van der Waals surface area (Å²) in [6, 6.07) is 15.9. The van der Waals surface area contributed by atoms with Crippen molar-refractivity contribution in [1.29, 1.82) is 0 Å². The van der Waals surface area contributed by atoms with E-state index in [9.17, 15) is 5.11 Å². The van der Waals surface area contributed by atoms with Gasteiger partial charge in [-0.25, -0.2) is 0 Å². The van der Waals surface area contributed by atoms with Gasteiger partial charge in [0.25, 0.3) is 0 Å². The van der Waals surface area contributed by atoms with Crippen LogP contribution in [0, 0.1) is 6.92 Å². The number of aliphatic hydroxyl groups excluding tert-OH is 1. The number of methoxy groups -OCH3 is 1. The maximum absolute atomic E-state index is 10.1. The van der Waals surface area contributed by atoms with Gasteiger partial charge in [-0.1, -0.05) is 42.0 Å². The van der Waals surface area contributed by atoms with Crippen molar-refractivity contribution < 1.29 is 9.84 Å². The van der Waals surface area contributed by atoms with Crippen LogP contribution in [0.3, 0.4) is 0 Å². The average Bonchev–Trinajstić information content (AvgIpc) is 2.48. The van der Waals surface area contributed by atoms with E-state index in [1.54, 1.807) is 7.11 Å². The van der Waals surface area contributed by atoms with Gasteiger partial charge in [-0.2, -0.15) is 0 Å². The van der Waals surface area contributed by atoms with Crippen molar-refractivity contribution in [3.8, 4) is 5.75 Å².